The van der Waals surface area contributed by atoms with Crippen molar-refractivity contribution in [2.75, 3.05) is 38.0 Å². The lowest BCUT2D eigenvalue weighted by Crippen LogP contribution is -2.32. The van der Waals surface area contributed by atoms with Gasteiger partial charge in [-0.05, 0) is 81.7 Å². The van der Waals surface area contributed by atoms with Gasteiger partial charge in [0.1, 0.15) is 0 Å². The highest BCUT2D eigenvalue weighted by atomic mass is 32.2. The molecular weight excluding hydrogens is 386 g/mol. The van der Waals surface area contributed by atoms with Crippen LogP contribution in [0.5, 0.6) is 0 Å². The summed E-state index contributed by atoms with van der Waals surface area (Å²) in [6.07, 6.45) is 3.36. The molecule has 0 atom stereocenters. The summed E-state index contributed by atoms with van der Waals surface area (Å²) in [4.78, 5) is 15.0. The molecule has 0 aliphatic carbocycles. The Labute approximate surface area is 173 Å². The fourth-order valence-electron chi connectivity index (χ4n) is 3.55. The van der Waals surface area contributed by atoms with Crippen LogP contribution in [0.2, 0.25) is 0 Å². The lowest BCUT2D eigenvalue weighted by atomic mass is 9.94. The van der Waals surface area contributed by atoms with Crippen LogP contribution in [0.25, 0.3) is 0 Å². The van der Waals surface area contributed by atoms with Crippen LogP contribution in [-0.2, 0) is 10.0 Å². The second-order valence-electron chi connectivity index (χ2n) is 7.62. The van der Waals surface area contributed by atoms with Gasteiger partial charge in [0, 0.05) is 19.2 Å². The van der Waals surface area contributed by atoms with Gasteiger partial charge in [0.2, 0.25) is 0 Å². The van der Waals surface area contributed by atoms with E-state index in [0.29, 0.717) is 23.7 Å². The molecule has 0 bridgehead atoms. The maximum absolute atomic E-state index is 12.7. The molecule has 2 aromatic carbocycles. The molecule has 7 heteroatoms. The number of anilines is 1. The van der Waals surface area contributed by atoms with Crippen molar-refractivity contribution in [2.24, 2.45) is 5.92 Å². The monoisotopic (exact) mass is 415 g/mol. The molecule has 1 fully saturated rings. The molecule has 3 rings (SSSR count). The molecular formula is C22H29N3O3S. The zero-order valence-corrected chi connectivity index (χ0v) is 17.9. The molecule has 1 amide bonds. The molecule has 1 aliphatic rings. The van der Waals surface area contributed by atoms with Crippen LogP contribution in [0, 0.1) is 5.92 Å². The van der Waals surface area contributed by atoms with Crippen LogP contribution in [0.4, 0.5) is 5.69 Å². The Balaban J connectivity index is 1.56. The number of carbonyl (C=O) groups excluding carboxylic acids is 1. The average Bonchev–Trinajstić information content (AvgIpc) is 2.75. The average molecular weight is 416 g/mol. The number of hydrogen-bond donors (Lipinski definition) is 1. The summed E-state index contributed by atoms with van der Waals surface area (Å²) in [5.41, 5.74) is 1.04. The Morgan fingerprint density at radius 2 is 1.69 bits per heavy atom. The van der Waals surface area contributed by atoms with E-state index in [9.17, 15) is 13.2 Å². The molecule has 1 saturated heterocycles. The van der Waals surface area contributed by atoms with Gasteiger partial charge >= 0.3 is 0 Å². The van der Waals surface area contributed by atoms with E-state index in [4.69, 9.17) is 0 Å². The number of carbonyl (C=O) groups is 1. The Morgan fingerprint density at radius 3 is 2.31 bits per heavy atom. The molecule has 0 saturated carbocycles. The van der Waals surface area contributed by atoms with Crippen molar-refractivity contribution in [3.05, 3.63) is 60.2 Å². The third-order valence-corrected chi connectivity index (χ3v) is 7.37. The van der Waals surface area contributed by atoms with Crippen molar-refractivity contribution >= 4 is 21.6 Å². The van der Waals surface area contributed by atoms with Gasteiger partial charge in [0.25, 0.3) is 15.9 Å². The molecule has 0 unspecified atom stereocenters. The predicted octanol–water partition coefficient (Wildman–Crippen LogP) is 2.97. The number of hydrogen-bond acceptors (Lipinski definition) is 4. The molecule has 1 aliphatic heterocycles. The standard InChI is InChI=1S/C22H29N3O3S/c1-24-16-13-18(14-17-24)12-15-23-22(26)19-8-10-20(11-9-19)25(2)29(27,28)21-6-4-3-5-7-21/h3-11,18H,12-17H2,1-2H3,(H,23,26). The van der Waals surface area contributed by atoms with Gasteiger partial charge in [-0.15, -0.1) is 0 Å². The van der Waals surface area contributed by atoms with Crippen LogP contribution in [0.1, 0.15) is 29.6 Å². The van der Waals surface area contributed by atoms with E-state index in [2.05, 4.69) is 17.3 Å². The van der Waals surface area contributed by atoms with Gasteiger partial charge < -0.3 is 10.2 Å². The van der Waals surface area contributed by atoms with Crippen LogP contribution in [0.3, 0.4) is 0 Å². The zero-order valence-electron chi connectivity index (χ0n) is 17.0. The Morgan fingerprint density at radius 1 is 1.07 bits per heavy atom. The molecule has 29 heavy (non-hydrogen) atoms. The first-order valence-corrected chi connectivity index (χ1v) is 11.4. The molecule has 2 aromatic rings. The van der Waals surface area contributed by atoms with E-state index >= 15 is 0 Å². The van der Waals surface area contributed by atoms with Crippen molar-refractivity contribution < 1.29 is 13.2 Å². The first-order chi connectivity index (χ1) is 13.9. The maximum Gasteiger partial charge on any atom is 0.264 e. The number of likely N-dealkylation sites (tertiary alicyclic amines) is 1. The van der Waals surface area contributed by atoms with Crippen LogP contribution >= 0.6 is 0 Å². The van der Waals surface area contributed by atoms with Crippen molar-refractivity contribution in [3.8, 4) is 0 Å². The second kappa shape index (κ2) is 9.41. The van der Waals surface area contributed by atoms with Crippen molar-refractivity contribution in [1.29, 1.82) is 0 Å². The van der Waals surface area contributed by atoms with Gasteiger partial charge in [0.05, 0.1) is 10.6 Å². The largest absolute Gasteiger partial charge is 0.352 e. The van der Waals surface area contributed by atoms with E-state index < -0.39 is 10.0 Å². The van der Waals surface area contributed by atoms with Gasteiger partial charge in [-0.1, -0.05) is 18.2 Å². The number of benzene rings is 2. The van der Waals surface area contributed by atoms with E-state index in [1.54, 1.807) is 54.6 Å². The quantitative estimate of drug-likeness (QED) is 0.755. The third kappa shape index (κ3) is 5.36. The number of nitrogens with zero attached hydrogens (tertiary/aromatic N) is 2. The number of sulfonamides is 1. The number of amides is 1. The Kier molecular flexibility index (Phi) is 6.92. The van der Waals surface area contributed by atoms with Crippen molar-refractivity contribution in [2.45, 2.75) is 24.2 Å². The van der Waals surface area contributed by atoms with Gasteiger partial charge in [-0.3, -0.25) is 9.10 Å². The molecule has 0 aromatic heterocycles. The highest BCUT2D eigenvalue weighted by Gasteiger charge is 2.21. The molecule has 1 heterocycles. The lowest BCUT2D eigenvalue weighted by Gasteiger charge is -2.28. The summed E-state index contributed by atoms with van der Waals surface area (Å²) in [5, 5.41) is 2.98. The zero-order chi connectivity index (χ0) is 20.9. The Bertz CT molecular complexity index is 906. The maximum atomic E-state index is 12.7. The van der Waals surface area contributed by atoms with Gasteiger partial charge in [-0.2, -0.15) is 0 Å². The second-order valence-corrected chi connectivity index (χ2v) is 9.59. The normalized spacial score (nSPS) is 15.8. The van der Waals surface area contributed by atoms with Crippen molar-refractivity contribution in [1.82, 2.24) is 10.2 Å². The van der Waals surface area contributed by atoms with Crippen LogP contribution in [-0.4, -0.2) is 53.0 Å². The van der Waals surface area contributed by atoms with E-state index in [1.165, 1.54) is 24.2 Å². The third-order valence-electron chi connectivity index (χ3n) is 5.57. The van der Waals surface area contributed by atoms with E-state index in [0.717, 1.165) is 19.5 Å². The lowest BCUT2D eigenvalue weighted by molar-refractivity contribution is 0.0949. The van der Waals surface area contributed by atoms with Gasteiger partial charge in [0.15, 0.2) is 0 Å². The number of nitrogens with one attached hydrogen (secondary N) is 1. The minimum absolute atomic E-state index is 0.127. The fraction of sp³-hybridized carbons (Fsp3) is 0.409. The highest BCUT2D eigenvalue weighted by Crippen LogP contribution is 2.22. The minimum Gasteiger partial charge on any atom is -0.352 e. The smallest absolute Gasteiger partial charge is 0.264 e. The summed E-state index contributed by atoms with van der Waals surface area (Å²) >= 11 is 0. The Hall–Kier alpha value is -2.38. The molecule has 156 valence electrons. The number of piperidine rings is 1. The SMILES string of the molecule is CN1CCC(CCNC(=O)c2ccc(N(C)S(=O)(=O)c3ccccc3)cc2)CC1. The topological polar surface area (TPSA) is 69.7 Å². The molecule has 1 N–H and O–H groups in total. The summed E-state index contributed by atoms with van der Waals surface area (Å²) in [6.45, 7) is 2.91. The van der Waals surface area contributed by atoms with Gasteiger partial charge in [-0.25, -0.2) is 8.42 Å². The van der Waals surface area contributed by atoms with Crippen LogP contribution < -0.4 is 9.62 Å². The van der Waals surface area contributed by atoms with Crippen LogP contribution in [0.15, 0.2) is 59.5 Å². The molecule has 0 spiro atoms. The summed E-state index contributed by atoms with van der Waals surface area (Å²) < 4.78 is 26.6. The first kappa shape index (κ1) is 21.3. The fourth-order valence-corrected chi connectivity index (χ4v) is 4.77. The van der Waals surface area contributed by atoms with Crippen molar-refractivity contribution in [3.63, 3.8) is 0 Å². The van der Waals surface area contributed by atoms with E-state index in [-0.39, 0.29) is 10.8 Å². The van der Waals surface area contributed by atoms with E-state index in [1.807, 2.05) is 0 Å². The summed E-state index contributed by atoms with van der Waals surface area (Å²) in [6, 6.07) is 14.9. The number of rotatable bonds is 7. The first-order valence-electron chi connectivity index (χ1n) is 9.98. The molecule has 0 radical (unpaired) electrons. The highest BCUT2D eigenvalue weighted by molar-refractivity contribution is 7.92. The predicted molar refractivity (Wildman–Crippen MR) is 116 cm³/mol. The minimum atomic E-state index is -3.63. The molecule has 6 nitrogen and oxygen atoms in total. The summed E-state index contributed by atoms with van der Waals surface area (Å²) in [5.74, 6) is 0.545. The summed E-state index contributed by atoms with van der Waals surface area (Å²) in [7, 11) is 0.0296.